The molecule has 3 rings (SSSR count). The van der Waals surface area contributed by atoms with E-state index >= 15 is 0 Å². The minimum Gasteiger partial charge on any atom is -0.508 e. The highest BCUT2D eigenvalue weighted by Crippen LogP contribution is 2.34. The molecule has 0 bridgehead atoms. The largest absolute Gasteiger partial charge is 0.508 e. The number of phenolic OH excluding ortho intramolecular Hbond substituents is 1. The number of ether oxygens (including phenoxy) is 1. The van der Waals surface area contributed by atoms with Gasteiger partial charge in [-0.3, -0.25) is 4.84 Å². The summed E-state index contributed by atoms with van der Waals surface area (Å²) in [6, 6.07) is 4.18. The summed E-state index contributed by atoms with van der Waals surface area (Å²) < 4.78 is 56.9. The van der Waals surface area contributed by atoms with Gasteiger partial charge in [0, 0.05) is 11.8 Å². The van der Waals surface area contributed by atoms with Gasteiger partial charge in [-0.25, -0.2) is 9.37 Å². The predicted molar refractivity (Wildman–Crippen MR) is 92.4 cm³/mol. The number of alkyl halides is 3. The quantitative estimate of drug-likeness (QED) is 0.519. The van der Waals surface area contributed by atoms with Crippen LogP contribution in [0.25, 0.3) is 0 Å². The summed E-state index contributed by atoms with van der Waals surface area (Å²) >= 11 is 5.78. The molecule has 152 valence electrons. The van der Waals surface area contributed by atoms with Crippen molar-refractivity contribution in [1.29, 1.82) is 0 Å². The molecule has 2 heterocycles. The van der Waals surface area contributed by atoms with E-state index in [1.54, 1.807) is 0 Å². The normalized spacial score (nSPS) is 19.8. The van der Waals surface area contributed by atoms with Crippen molar-refractivity contribution in [1.82, 2.24) is 10.5 Å². The third-order valence-corrected chi connectivity index (χ3v) is 4.55. The number of halogens is 5. The van der Waals surface area contributed by atoms with Crippen molar-refractivity contribution in [2.24, 2.45) is 0 Å². The number of hydrogen-bond donors (Lipinski definition) is 2. The van der Waals surface area contributed by atoms with Crippen LogP contribution < -0.4 is 10.2 Å². The highest BCUT2D eigenvalue weighted by Gasteiger charge is 2.32. The number of nitrogens with one attached hydrogen (secondary N) is 1. The van der Waals surface area contributed by atoms with Crippen LogP contribution in [0, 0.1) is 5.82 Å². The number of pyridine rings is 1. The van der Waals surface area contributed by atoms with E-state index in [0.29, 0.717) is 31.0 Å². The van der Waals surface area contributed by atoms with Gasteiger partial charge in [-0.05, 0) is 43.5 Å². The Bertz CT molecular complexity index is 835. The molecule has 1 fully saturated rings. The molecule has 1 aromatic carbocycles. The van der Waals surface area contributed by atoms with E-state index < -0.39 is 17.6 Å². The number of aromatic nitrogens is 1. The monoisotopic (exact) mass is 420 g/mol. The first kappa shape index (κ1) is 20.6. The molecule has 0 radical (unpaired) electrons. The molecule has 0 spiro atoms. The molecule has 1 aliphatic heterocycles. The van der Waals surface area contributed by atoms with Crippen molar-refractivity contribution in [3.63, 3.8) is 0 Å². The van der Waals surface area contributed by atoms with Gasteiger partial charge < -0.3 is 9.84 Å². The van der Waals surface area contributed by atoms with E-state index in [1.165, 1.54) is 18.2 Å². The van der Waals surface area contributed by atoms with Crippen LogP contribution in [0.15, 0.2) is 30.5 Å². The van der Waals surface area contributed by atoms with E-state index in [1.807, 2.05) is 0 Å². The van der Waals surface area contributed by atoms with Gasteiger partial charge >= 0.3 is 6.18 Å². The molecule has 0 amide bonds. The standard InChI is InChI=1S/C18H17ClF4N2O3/c19-14-6-10(18(21,22)23)9-24-17(14)27-5-1-2-12-8-16(25-28-12)13-7-11(26)3-4-15(13)20/h3-4,6-7,9,12,16,25-26H,1-2,5,8H2. The molecule has 5 nitrogen and oxygen atoms in total. The average molecular weight is 421 g/mol. The first-order valence-electron chi connectivity index (χ1n) is 8.49. The maximum Gasteiger partial charge on any atom is 0.417 e. The van der Waals surface area contributed by atoms with Gasteiger partial charge in [-0.15, -0.1) is 0 Å². The van der Waals surface area contributed by atoms with Crippen LogP contribution in [-0.2, 0) is 11.0 Å². The summed E-state index contributed by atoms with van der Waals surface area (Å²) in [4.78, 5) is 9.02. The number of hydrogen-bond acceptors (Lipinski definition) is 5. The smallest absolute Gasteiger partial charge is 0.417 e. The van der Waals surface area contributed by atoms with Gasteiger partial charge in [0.2, 0.25) is 5.88 Å². The highest BCUT2D eigenvalue weighted by molar-refractivity contribution is 6.31. The number of aromatic hydroxyl groups is 1. The number of phenols is 1. The molecule has 2 N–H and O–H groups in total. The van der Waals surface area contributed by atoms with Gasteiger partial charge in [-0.1, -0.05) is 11.6 Å². The van der Waals surface area contributed by atoms with Crippen LogP contribution in [0.4, 0.5) is 17.6 Å². The molecule has 28 heavy (non-hydrogen) atoms. The molecule has 2 unspecified atom stereocenters. The Morgan fingerprint density at radius 2 is 2.11 bits per heavy atom. The van der Waals surface area contributed by atoms with Crippen molar-refractivity contribution in [2.45, 2.75) is 37.6 Å². The average Bonchev–Trinajstić information content (AvgIpc) is 3.09. The number of hydroxylamine groups is 1. The Hall–Kier alpha value is -2.10. The van der Waals surface area contributed by atoms with Crippen molar-refractivity contribution in [3.05, 3.63) is 52.4 Å². The Morgan fingerprint density at radius 1 is 1.32 bits per heavy atom. The molecular weight excluding hydrogens is 404 g/mol. The lowest BCUT2D eigenvalue weighted by atomic mass is 10.00. The predicted octanol–water partition coefficient (Wildman–Crippen LogP) is 4.79. The maximum absolute atomic E-state index is 13.9. The number of nitrogens with zero attached hydrogens (tertiary/aromatic N) is 1. The Kier molecular flexibility index (Phi) is 6.26. The zero-order valence-corrected chi connectivity index (χ0v) is 15.2. The zero-order chi connectivity index (χ0) is 20.3. The first-order valence-corrected chi connectivity index (χ1v) is 8.87. The fourth-order valence-corrected chi connectivity index (χ4v) is 3.09. The van der Waals surface area contributed by atoms with Gasteiger partial charge in [-0.2, -0.15) is 18.7 Å². The lowest BCUT2D eigenvalue weighted by molar-refractivity contribution is -0.137. The fourth-order valence-electron chi connectivity index (χ4n) is 2.87. The second-order valence-electron chi connectivity index (χ2n) is 6.35. The van der Waals surface area contributed by atoms with Crippen LogP contribution in [0.2, 0.25) is 5.02 Å². The van der Waals surface area contributed by atoms with Crippen molar-refractivity contribution >= 4 is 11.6 Å². The third kappa shape index (κ3) is 5.03. The molecule has 2 atom stereocenters. The SMILES string of the molecule is Oc1ccc(F)c(C2CC(CCCOc3ncc(C(F)(F)F)cc3Cl)ON2)c1. The van der Waals surface area contributed by atoms with Crippen molar-refractivity contribution < 1.29 is 32.2 Å². The summed E-state index contributed by atoms with van der Waals surface area (Å²) in [6.07, 6.45) is -2.46. The maximum atomic E-state index is 13.9. The van der Waals surface area contributed by atoms with E-state index in [2.05, 4.69) is 10.5 Å². The Labute approximate surface area is 163 Å². The van der Waals surface area contributed by atoms with Crippen molar-refractivity contribution in [2.75, 3.05) is 6.61 Å². The molecule has 10 heteroatoms. The molecule has 2 aromatic rings. The van der Waals surface area contributed by atoms with E-state index in [9.17, 15) is 22.7 Å². The highest BCUT2D eigenvalue weighted by atomic mass is 35.5. The van der Waals surface area contributed by atoms with Crippen LogP contribution in [-0.4, -0.2) is 22.8 Å². The van der Waals surface area contributed by atoms with Gasteiger partial charge in [0.15, 0.2) is 0 Å². The van der Waals surface area contributed by atoms with Gasteiger partial charge in [0.05, 0.1) is 24.3 Å². The second kappa shape index (κ2) is 8.50. The van der Waals surface area contributed by atoms with E-state index in [-0.39, 0.29) is 35.4 Å². The number of rotatable bonds is 6. The van der Waals surface area contributed by atoms with Crippen LogP contribution in [0.1, 0.15) is 36.4 Å². The van der Waals surface area contributed by atoms with E-state index in [0.717, 1.165) is 6.07 Å². The summed E-state index contributed by atoms with van der Waals surface area (Å²) in [5.74, 6) is -0.540. The van der Waals surface area contributed by atoms with Gasteiger partial charge in [0.25, 0.3) is 0 Å². The van der Waals surface area contributed by atoms with Crippen LogP contribution in [0.3, 0.4) is 0 Å². The molecule has 0 saturated carbocycles. The fraction of sp³-hybridized carbons (Fsp3) is 0.389. The molecular formula is C18H17ClF4N2O3. The Balaban J connectivity index is 1.46. The van der Waals surface area contributed by atoms with Crippen LogP contribution >= 0.6 is 11.6 Å². The number of benzene rings is 1. The minimum atomic E-state index is -4.52. The topological polar surface area (TPSA) is 63.6 Å². The summed E-state index contributed by atoms with van der Waals surface area (Å²) in [5, 5.41) is 9.28. The first-order chi connectivity index (χ1) is 13.2. The minimum absolute atomic E-state index is 0.0315. The Morgan fingerprint density at radius 3 is 2.82 bits per heavy atom. The van der Waals surface area contributed by atoms with Crippen LogP contribution in [0.5, 0.6) is 11.6 Å². The lowest BCUT2D eigenvalue weighted by Crippen LogP contribution is -2.14. The second-order valence-corrected chi connectivity index (χ2v) is 6.76. The molecule has 1 saturated heterocycles. The summed E-state index contributed by atoms with van der Waals surface area (Å²) in [7, 11) is 0. The van der Waals surface area contributed by atoms with Gasteiger partial charge in [0.1, 0.15) is 16.6 Å². The van der Waals surface area contributed by atoms with E-state index in [4.69, 9.17) is 21.2 Å². The molecule has 1 aliphatic rings. The molecule has 0 aliphatic carbocycles. The lowest BCUT2D eigenvalue weighted by Gasteiger charge is -2.11. The summed E-state index contributed by atoms with van der Waals surface area (Å²) in [6.45, 7) is 0.184. The zero-order valence-electron chi connectivity index (χ0n) is 14.5. The van der Waals surface area contributed by atoms with Crippen molar-refractivity contribution in [3.8, 4) is 11.6 Å². The third-order valence-electron chi connectivity index (χ3n) is 4.27. The summed E-state index contributed by atoms with van der Waals surface area (Å²) in [5.41, 5.74) is 2.12. The molecule has 1 aromatic heterocycles.